The molecule has 2 aromatic rings. The number of nitrogens with one attached hydrogen (secondary N) is 1. The van der Waals surface area contributed by atoms with Crippen LogP contribution in [0.4, 0.5) is 11.4 Å². The molecule has 0 saturated heterocycles. The second kappa shape index (κ2) is 6.47. The molecular weight excluding hydrogens is 427 g/mol. The summed E-state index contributed by atoms with van der Waals surface area (Å²) < 4.78 is 1.76. The number of amides is 1. The first kappa shape index (κ1) is 15.8. The number of carbonyl (C=O) groups excluding carboxylic acids is 1. The molecule has 0 bridgehead atoms. The number of rotatable bonds is 3. The largest absolute Gasteiger partial charge is 0.376 e. The van der Waals surface area contributed by atoms with Gasteiger partial charge in [0.25, 0.3) is 5.91 Å². The predicted molar refractivity (Wildman–Crippen MR) is 93.5 cm³/mol. The van der Waals surface area contributed by atoms with E-state index in [1.807, 2.05) is 31.1 Å². The van der Waals surface area contributed by atoms with Crippen molar-refractivity contribution in [2.75, 3.05) is 24.3 Å². The minimum Gasteiger partial charge on any atom is -0.376 e. The van der Waals surface area contributed by atoms with Gasteiger partial charge in [-0.05, 0) is 56.1 Å². The summed E-state index contributed by atoms with van der Waals surface area (Å²) in [5.74, 6) is -0.157. The molecular formula is C13H11Br2ClN2OS. The van der Waals surface area contributed by atoms with Crippen LogP contribution in [0.5, 0.6) is 0 Å². The molecule has 1 N–H and O–H groups in total. The van der Waals surface area contributed by atoms with Gasteiger partial charge in [0.15, 0.2) is 0 Å². The summed E-state index contributed by atoms with van der Waals surface area (Å²) in [5.41, 5.74) is 1.58. The topological polar surface area (TPSA) is 32.3 Å². The molecule has 7 heteroatoms. The zero-order chi connectivity index (χ0) is 14.9. The van der Waals surface area contributed by atoms with Crippen molar-refractivity contribution in [2.45, 2.75) is 0 Å². The van der Waals surface area contributed by atoms with Gasteiger partial charge in [0.1, 0.15) is 0 Å². The number of hydrogen-bond acceptors (Lipinski definition) is 3. The van der Waals surface area contributed by atoms with Crippen molar-refractivity contribution in [2.24, 2.45) is 0 Å². The quantitative estimate of drug-likeness (QED) is 0.710. The van der Waals surface area contributed by atoms with E-state index < -0.39 is 0 Å². The monoisotopic (exact) mass is 436 g/mol. The van der Waals surface area contributed by atoms with Crippen molar-refractivity contribution in [3.63, 3.8) is 0 Å². The second-order valence-corrected chi connectivity index (χ2v) is 7.88. The van der Waals surface area contributed by atoms with Crippen LogP contribution in [0.3, 0.4) is 0 Å². The molecule has 0 atom stereocenters. The molecule has 0 unspecified atom stereocenters. The maximum atomic E-state index is 12.1. The van der Waals surface area contributed by atoms with Crippen molar-refractivity contribution < 1.29 is 4.79 Å². The van der Waals surface area contributed by atoms with Crippen LogP contribution in [-0.2, 0) is 0 Å². The van der Waals surface area contributed by atoms with Crippen molar-refractivity contribution in [3.05, 3.63) is 42.4 Å². The van der Waals surface area contributed by atoms with Gasteiger partial charge in [0, 0.05) is 24.3 Å². The van der Waals surface area contributed by atoms with Gasteiger partial charge in [-0.2, -0.15) is 0 Å². The molecule has 0 aliphatic heterocycles. The fourth-order valence-corrected chi connectivity index (χ4v) is 3.88. The number of nitrogens with zero attached hydrogens (tertiary/aromatic N) is 1. The molecule has 0 saturated carbocycles. The predicted octanol–water partition coefficient (Wildman–Crippen LogP) is 5.24. The minimum absolute atomic E-state index is 0.157. The van der Waals surface area contributed by atoms with Crippen molar-refractivity contribution in [1.82, 2.24) is 0 Å². The Morgan fingerprint density at radius 1 is 1.30 bits per heavy atom. The Bertz CT molecular complexity index is 638. The van der Waals surface area contributed by atoms with Crippen LogP contribution in [0, 0.1) is 0 Å². The molecule has 20 heavy (non-hydrogen) atoms. The third-order valence-corrected chi connectivity index (χ3v) is 6.11. The van der Waals surface area contributed by atoms with E-state index in [0.29, 0.717) is 15.6 Å². The minimum atomic E-state index is -0.157. The Morgan fingerprint density at radius 3 is 2.50 bits per heavy atom. The molecule has 1 aromatic heterocycles. The highest BCUT2D eigenvalue weighted by molar-refractivity contribution is 9.13. The summed E-state index contributed by atoms with van der Waals surface area (Å²) in [5, 5.41) is 3.43. The first-order valence-corrected chi connectivity index (χ1v) is 8.39. The summed E-state index contributed by atoms with van der Waals surface area (Å²) in [7, 11) is 3.83. The van der Waals surface area contributed by atoms with Gasteiger partial charge in [-0.3, -0.25) is 4.79 Å². The highest BCUT2D eigenvalue weighted by Gasteiger charge is 2.13. The van der Waals surface area contributed by atoms with E-state index in [1.165, 1.54) is 11.3 Å². The van der Waals surface area contributed by atoms with Crippen LogP contribution in [0.2, 0.25) is 5.02 Å². The Balaban J connectivity index is 2.18. The molecule has 1 aromatic carbocycles. The van der Waals surface area contributed by atoms with Crippen LogP contribution < -0.4 is 10.2 Å². The summed E-state index contributed by atoms with van der Waals surface area (Å²) in [6.07, 6.45) is 0. The smallest absolute Gasteiger partial charge is 0.265 e. The van der Waals surface area contributed by atoms with Gasteiger partial charge in [-0.15, -0.1) is 11.3 Å². The third kappa shape index (κ3) is 3.55. The van der Waals surface area contributed by atoms with Crippen molar-refractivity contribution in [3.8, 4) is 0 Å². The summed E-state index contributed by atoms with van der Waals surface area (Å²) in [4.78, 5) is 14.7. The molecule has 106 valence electrons. The van der Waals surface area contributed by atoms with Crippen LogP contribution in [0.1, 0.15) is 9.67 Å². The van der Waals surface area contributed by atoms with Crippen LogP contribution in [0.15, 0.2) is 32.5 Å². The van der Waals surface area contributed by atoms with Crippen LogP contribution in [0.25, 0.3) is 0 Å². The van der Waals surface area contributed by atoms with E-state index in [2.05, 4.69) is 37.2 Å². The molecule has 0 radical (unpaired) electrons. The standard InChI is InChI=1S/C13H11Br2ClN2OS/c1-18(2)10-4-3-7(5-9(10)16)17-13(19)11-6-8(14)12(15)20-11/h3-6H,1-2H3,(H,17,19). The van der Waals surface area contributed by atoms with Crippen LogP contribution >= 0.6 is 54.8 Å². The summed E-state index contributed by atoms with van der Waals surface area (Å²) in [6.45, 7) is 0. The van der Waals surface area contributed by atoms with Crippen molar-refractivity contribution >= 4 is 72.1 Å². The Kier molecular flexibility index (Phi) is 5.12. The normalized spacial score (nSPS) is 10.4. The highest BCUT2D eigenvalue weighted by Crippen LogP contribution is 2.33. The Morgan fingerprint density at radius 2 is 2.00 bits per heavy atom. The lowest BCUT2D eigenvalue weighted by Gasteiger charge is -2.15. The number of benzene rings is 1. The fraction of sp³-hybridized carbons (Fsp3) is 0.154. The second-order valence-electron chi connectivity index (χ2n) is 4.25. The van der Waals surface area contributed by atoms with Gasteiger partial charge in [-0.25, -0.2) is 0 Å². The zero-order valence-corrected chi connectivity index (χ0v) is 15.5. The third-order valence-electron chi connectivity index (χ3n) is 2.56. The van der Waals surface area contributed by atoms with E-state index in [-0.39, 0.29) is 5.91 Å². The Labute approximate surface area is 143 Å². The van der Waals surface area contributed by atoms with Gasteiger partial charge in [0.2, 0.25) is 0 Å². The van der Waals surface area contributed by atoms with Gasteiger partial charge in [0.05, 0.1) is 19.4 Å². The molecule has 2 rings (SSSR count). The van der Waals surface area contributed by atoms with Gasteiger partial charge < -0.3 is 10.2 Å². The highest BCUT2D eigenvalue weighted by atomic mass is 79.9. The number of halogens is 3. The van der Waals surface area contributed by atoms with Gasteiger partial charge in [-0.1, -0.05) is 11.6 Å². The van der Waals surface area contributed by atoms with Crippen LogP contribution in [-0.4, -0.2) is 20.0 Å². The zero-order valence-electron chi connectivity index (χ0n) is 10.7. The maximum Gasteiger partial charge on any atom is 0.265 e. The molecule has 1 amide bonds. The van der Waals surface area contributed by atoms with Crippen molar-refractivity contribution in [1.29, 1.82) is 0 Å². The SMILES string of the molecule is CN(C)c1ccc(NC(=O)c2cc(Br)c(Br)s2)cc1Cl. The molecule has 0 aliphatic carbocycles. The average molecular weight is 439 g/mol. The molecule has 3 nitrogen and oxygen atoms in total. The van der Waals surface area contributed by atoms with Gasteiger partial charge >= 0.3 is 0 Å². The molecule has 0 spiro atoms. The number of carbonyl (C=O) groups is 1. The van der Waals surface area contributed by atoms with E-state index in [4.69, 9.17) is 11.6 Å². The lowest BCUT2D eigenvalue weighted by atomic mass is 10.2. The van der Waals surface area contributed by atoms with E-state index in [0.717, 1.165) is 13.9 Å². The lowest BCUT2D eigenvalue weighted by molar-refractivity contribution is 0.103. The number of anilines is 2. The Hall–Kier alpha value is -0.560. The summed E-state index contributed by atoms with van der Waals surface area (Å²) in [6, 6.07) is 7.22. The first-order valence-electron chi connectivity index (χ1n) is 5.61. The molecule has 0 fully saturated rings. The molecule has 0 aliphatic rings. The van der Waals surface area contributed by atoms with E-state index in [1.54, 1.807) is 12.1 Å². The van der Waals surface area contributed by atoms with E-state index >= 15 is 0 Å². The average Bonchev–Trinajstić information content (AvgIpc) is 2.69. The fourth-order valence-electron chi connectivity index (χ4n) is 1.60. The number of thiophene rings is 1. The number of hydrogen-bond donors (Lipinski definition) is 1. The molecule has 1 heterocycles. The summed E-state index contributed by atoms with van der Waals surface area (Å²) >= 11 is 14.3. The first-order chi connectivity index (χ1) is 9.38. The lowest BCUT2D eigenvalue weighted by Crippen LogP contribution is -2.12. The maximum absolute atomic E-state index is 12.1. The van der Waals surface area contributed by atoms with E-state index in [9.17, 15) is 4.79 Å².